The van der Waals surface area contributed by atoms with E-state index in [9.17, 15) is 9.18 Å². The molecule has 0 atom stereocenters. The standard InChI is InChI=1S/C13H11FN2O2/c1-8-2-3-9(14)6-12(8)16-11-4-5-15-7-10(11)13(17)18/h2-7H,1H3,(H,15,16)(H,17,18). The molecule has 4 nitrogen and oxygen atoms in total. The van der Waals surface area contributed by atoms with Gasteiger partial charge in [0.2, 0.25) is 0 Å². The summed E-state index contributed by atoms with van der Waals surface area (Å²) in [5.41, 5.74) is 1.78. The summed E-state index contributed by atoms with van der Waals surface area (Å²) in [6, 6.07) is 5.83. The first-order chi connectivity index (χ1) is 8.58. The molecule has 0 saturated heterocycles. The Morgan fingerprint density at radius 2 is 2.11 bits per heavy atom. The molecule has 0 aliphatic rings. The van der Waals surface area contributed by atoms with Gasteiger partial charge in [-0.3, -0.25) is 4.98 Å². The maximum atomic E-state index is 13.1. The number of hydrogen-bond donors (Lipinski definition) is 2. The summed E-state index contributed by atoms with van der Waals surface area (Å²) in [7, 11) is 0. The zero-order chi connectivity index (χ0) is 13.1. The van der Waals surface area contributed by atoms with Gasteiger partial charge in [0.05, 0.1) is 5.69 Å². The highest BCUT2D eigenvalue weighted by Gasteiger charge is 2.10. The second-order valence-corrected chi connectivity index (χ2v) is 3.81. The Hall–Kier alpha value is -2.43. The largest absolute Gasteiger partial charge is 0.478 e. The number of aryl methyl sites for hydroxylation is 1. The predicted octanol–water partition coefficient (Wildman–Crippen LogP) is 2.97. The van der Waals surface area contributed by atoms with Crippen LogP contribution < -0.4 is 5.32 Å². The fraction of sp³-hybridized carbons (Fsp3) is 0.0769. The van der Waals surface area contributed by atoms with Crippen molar-refractivity contribution in [2.75, 3.05) is 5.32 Å². The third-order valence-electron chi connectivity index (χ3n) is 2.52. The molecule has 1 aromatic heterocycles. The molecule has 0 aliphatic carbocycles. The normalized spacial score (nSPS) is 10.1. The van der Waals surface area contributed by atoms with E-state index in [0.29, 0.717) is 11.4 Å². The lowest BCUT2D eigenvalue weighted by Gasteiger charge is -2.11. The molecular formula is C13H11FN2O2. The van der Waals surface area contributed by atoms with Gasteiger partial charge in [-0.15, -0.1) is 0 Å². The SMILES string of the molecule is Cc1ccc(F)cc1Nc1ccncc1C(=O)O. The van der Waals surface area contributed by atoms with Crippen LogP contribution in [-0.2, 0) is 0 Å². The van der Waals surface area contributed by atoms with Crippen molar-refractivity contribution in [3.8, 4) is 0 Å². The molecule has 5 heteroatoms. The van der Waals surface area contributed by atoms with E-state index in [1.807, 2.05) is 6.92 Å². The Bertz CT molecular complexity index is 599. The minimum atomic E-state index is -1.08. The van der Waals surface area contributed by atoms with Crippen LogP contribution in [0, 0.1) is 12.7 Å². The smallest absolute Gasteiger partial charge is 0.339 e. The highest BCUT2D eigenvalue weighted by molar-refractivity contribution is 5.94. The minimum absolute atomic E-state index is 0.0427. The molecule has 1 aromatic carbocycles. The zero-order valence-electron chi connectivity index (χ0n) is 9.64. The van der Waals surface area contributed by atoms with E-state index < -0.39 is 5.97 Å². The summed E-state index contributed by atoms with van der Waals surface area (Å²) < 4.78 is 13.1. The second-order valence-electron chi connectivity index (χ2n) is 3.81. The number of carboxylic acid groups (broad SMARTS) is 1. The molecule has 0 radical (unpaired) electrons. The number of hydrogen-bond acceptors (Lipinski definition) is 3. The number of rotatable bonds is 3. The first-order valence-electron chi connectivity index (χ1n) is 5.28. The number of aromatic nitrogens is 1. The van der Waals surface area contributed by atoms with Crippen LogP contribution in [0.1, 0.15) is 15.9 Å². The number of benzene rings is 1. The molecule has 0 aliphatic heterocycles. The number of carboxylic acids is 1. The number of nitrogens with zero attached hydrogens (tertiary/aromatic N) is 1. The molecule has 2 aromatic rings. The predicted molar refractivity (Wildman–Crippen MR) is 65.6 cm³/mol. The van der Waals surface area contributed by atoms with Gasteiger partial charge in [0.25, 0.3) is 0 Å². The van der Waals surface area contributed by atoms with Crippen LogP contribution in [-0.4, -0.2) is 16.1 Å². The van der Waals surface area contributed by atoms with Crippen LogP contribution in [0.3, 0.4) is 0 Å². The van der Waals surface area contributed by atoms with Crippen molar-refractivity contribution in [2.45, 2.75) is 6.92 Å². The fourth-order valence-corrected chi connectivity index (χ4v) is 1.55. The molecule has 1 heterocycles. The third kappa shape index (κ3) is 2.45. The van der Waals surface area contributed by atoms with Crippen molar-refractivity contribution in [3.63, 3.8) is 0 Å². The van der Waals surface area contributed by atoms with Crippen LogP contribution in [0.15, 0.2) is 36.7 Å². The summed E-state index contributed by atoms with van der Waals surface area (Å²) in [6.07, 6.45) is 2.72. The third-order valence-corrected chi connectivity index (χ3v) is 2.52. The number of aromatic carboxylic acids is 1. The molecule has 2 N–H and O–H groups in total. The molecule has 2 rings (SSSR count). The van der Waals surface area contributed by atoms with E-state index in [-0.39, 0.29) is 11.4 Å². The topological polar surface area (TPSA) is 62.2 Å². The van der Waals surface area contributed by atoms with E-state index in [2.05, 4.69) is 10.3 Å². The first-order valence-corrected chi connectivity index (χ1v) is 5.28. The lowest BCUT2D eigenvalue weighted by molar-refractivity contribution is 0.0697. The number of anilines is 2. The number of pyridine rings is 1. The average molecular weight is 246 g/mol. The van der Waals surface area contributed by atoms with E-state index in [1.165, 1.54) is 30.6 Å². The van der Waals surface area contributed by atoms with Gasteiger partial charge in [-0.05, 0) is 30.7 Å². The van der Waals surface area contributed by atoms with E-state index in [1.54, 1.807) is 6.07 Å². The number of halogens is 1. The van der Waals surface area contributed by atoms with Crippen LogP contribution in [0.5, 0.6) is 0 Å². The molecule has 18 heavy (non-hydrogen) atoms. The summed E-state index contributed by atoms with van der Waals surface area (Å²) in [4.78, 5) is 14.8. The molecule has 0 spiro atoms. The quantitative estimate of drug-likeness (QED) is 0.874. The van der Waals surface area contributed by atoms with Gasteiger partial charge >= 0.3 is 5.97 Å². The summed E-state index contributed by atoms with van der Waals surface area (Å²) in [5, 5.41) is 11.9. The van der Waals surface area contributed by atoms with Gasteiger partial charge in [0.1, 0.15) is 11.4 Å². The summed E-state index contributed by atoms with van der Waals surface area (Å²) in [5.74, 6) is -1.46. The van der Waals surface area contributed by atoms with Gasteiger partial charge in [0.15, 0.2) is 0 Å². The van der Waals surface area contributed by atoms with Crippen LogP contribution in [0.25, 0.3) is 0 Å². The van der Waals surface area contributed by atoms with Crippen LogP contribution >= 0.6 is 0 Å². The Morgan fingerprint density at radius 3 is 2.83 bits per heavy atom. The Labute approximate surface area is 103 Å². The lowest BCUT2D eigenvalue weighted by atomic mass is 10.1. The molecule has 0 fully saturated rings. The first kappa shape index (κ1) is 12.0. The molecule has 0 bridgehead atoms. The molecule has 0 unspecified atom stereocenters. The van der Waals surface area contributed by atoms with Crippen molar-refractivity contribution in [1.82, 2.24) is 4.98 Å². The monoisotopic (exact) mass is 246 g/mol. The van der Waals surface area contributed by atoms with Gasteiger partial charge in [0, 0.05) is 18.1 Å². The van der Waals surface area contributed by atoms with Crippen molar-refractivity contribution < 1.29 is 14.3 Å². The molecule has 0 amide bonds. The highest BCUT2D eigenvalue weighted by Crippen LogP contribution is 2.23. The summed E-state index contributed by atoms with van der Waals surface area (Å²) in [6.45, 7) is 1.81. The molecule has 0 saturated carbocycles. The van der Waals surface area contributed by atoms with Crippen molar-refractivity contribution in [2.24, 2.45) is 0 Å². The van der Waals surface area contributed by atoms with Crippen LogP contribution in [0.2, 0.25) is 0 Å². The summed E-state index contributed by atoms with van der Waals surface area (Å²) >= 11 is 0. The average Bonchev–Trinajstić information content (AvgIpc) is 2.34. The Balaban J connectivity index is 2.40. The van der Waals surface area contributed by atoms with Gasteiger partial charge in [-0.25, -0.2) is 9.18 Å². The minimum Gasteiger partial charge on any atom is -0.478 e. The maximum Gasteiger partial charge on any atom is 0.339 e. The lowest BCUT2D eigenvalue weighted by Crippen LogP contribution is -2.04. The Morgan fingerprint density at radius 1 is 1.33 bits per heavy atom. The van der Waals surface area contributed by atoms with Crippen molar-refractivity contribution in [1.29, 1.82) is 0 Å². The van der Waals surface area contributed by atoms with E-state index in [0.717, 1.165) is 5.56 Å². The highest BCUT2D eigenvalue weighted by atomic mass is 19.1. The molecular weight excluding hydrogens is 235 g/mol. The van der Waals surface area contributed by atoms with Gasteiger partial charge in [-0.1, -0.05) is 6.07 Å². The van der Waals surface area contributed by atoms with E-state index >= 15 is 0 Å². The zero-order valence-corrected chi connectivity index (χ0v) is 9.64. The fourth-order valence-electron chi connectivity index (χ4n) is 1.55. The van der Waals surface area contributed by atoms with Gasteiger partial charge in [-0.2, -0.15) is 0 Å². The maximum absolute atomic E-state index is 13.1. The van der Waals surface area contributed by atoms with Crippen molar-refractivity contribution in [3.05, 3.63) is 53.6 Å². The number of carbonyl (C=O) groups is 1. The van der Waals surface area contributed by atoms with Crippen LogP contribution in [0.4, 0.5) is 15.8 Å². The van der Waals surface area contributed by atoms with Crippen molar-refractivity contribution >= 4 is 17.3 Å². The van der Waals surface area contributed by atoms with E-state index in [4.69, 9.17) is 5.11 Å². The van der Waals surface area contributed by atoms with Gasteiger partial charge < -0.3 is 10.4 Å². The molecule has 92 valence electrons. The second kappa shape index (κ2) is 4.83. The number of nitrogens with one attached hydrogen (secondary N) is 1. The Kier molecular flexibility index (Phi) is 3.23.